The minimum Gasteiger partial charge on any atom is -0.294 e. The van der Waals surface area contributed by atoms with Crippen LogP contribution < -0.4 is 0 Å². The molecule has 2 aromatic rings. The van der Waals surface area contributed by atoms with Crippen molar-refractivity contribution in [2.45, 2.75) is 57.8 Å². The first-order valence-corrected chi connectivity index (χ1v) is 9.50. The number of hydrogen-bond donors (Lipinski definition) is 0. The summed E-state index contributed by atoms with van der Waals surface area (Å²) in [7, 11) is 0. The molecule has 2 heteroatoms. The summed E-state index contributed by atoms with van der Waals surface area (Å²) in [6, 6.07) is 14.5. The topological polar surface area (TPSA) is 30.0 Å². The van der Waals surface area contributed by atoms with Crippen LogP contribution in [0.1, 0.15) is 61.8 Å². The number of aryl methyl sites for hydroxylation is 2. The van der Waals surface area contributed by atoms with Gasteiger partial charge in [-0.05, 0) is 60.9 Å². The van der Waals surface area contributed by atoms with Crippen LogP contribution in [-0.4, -0.2) is 10.8 Å². The number of pyridine rings is 1. The van der Waals surface area contributed by atoms with Crippen LogP contribution in [-0.2, 0) is 17.6 Å². The highest BCUT2D eigenvalue weighted by Crippen LogP contribution is 2.32. The highest BCUT2D eigenvalue weighted by atomic mass is 16.1. The summed E-state index contributed by atoms with van der Waals surface area (Å²) in [4.78, 5) is 17.7. The van der Waals surface area contributed by atoms with E-state index in [4.69, 9.17) is 0 Å². The summed E-state index contributed by atoms with van der Waals surface area (Å²) in [5.41, 5.74) is 4.66. The van der Waals surface area contributed by atoms with Crippen molar-refractivity contribution < 1.29 is 4.79 Å². The first-order valence-electron chi connectivity index (χ1n) is 9.50. The van der Waals surface area contributed by atoms with Gasteiger partial charge in [-0.25, -0.2) is 0 Å². The predicted octanol–water partition coefficient (Wildman–Crippen LogP) is 5.43. The van der Waals surface area contributed by atoms with Crippen LogP contribution in [0.25, 0.3) is 0 Å². The molecule has 0 saturated heterocycles. The van der Waals surface area contributed by atoms with Crippen molar-refractivity contribution in [2.75, 3.05) is 0 Å². The van der Waals surface area contributed by atoms with Crippen LogP contribution in [0, 0.1) is 0 Å². The van der Waals surface area contributed by atoms with Gasteiger partial charge in [-0.2, -0.15) is 0 Å². The maximum atomic E-state index is 13.3. The number of fused-ring (bicyclic) bond motifs is 1. The number of nitrogens with zero attached hydrogens (tertiary/aromatic N) is 1. The number of allylic oxidation sites excluding steroid dienone is 2. The van der Waals surface area contributed by atoms with E-state index >= 15 is 0 Å². The third-order valence-electron chi connectivity index (χ3n) is 5.09. The summed E-state index contributed by atoms with van der Waals surface area (Å²) in [5.74, 6) is 0.350. The van der Waals surface area contributed by atoms with Gasteiger partial charge in [0.15, 0.2) is 5.78 Å². The molecular weight excluding hydrogens is 306 g/mol. The molecule has 130 valence electrons. The van der Waals surface area contributed by atoms with Crippen molar-refractivity contribution in [3.63, 3.8) is 0 Å². The molecule has 2 nitrogen and oxygen atoms in total. The van der Waals surface area contributed by atoms with E-state index in [1.165, 1.54) is 11.1 Å². The van der Waals surface area contributed by atoms with E-state index in [9.17, 15) is 4.79 Å². The molecular formula is C23H27NO. The maximum Gasteiger partial charge on any atom is 0.165 e. The molecule has 0 spiro atoms. The summed E-state index contributed by atoms with van der Waals surface area (Å²) < 4.78 is 0. The Kier molecular flexibility index (Phi) is 6.16. The molecule has 1 aliphatic carbocycles. The Morgan fingerprint density at radius 3 is 2.72 bits per heavy atom. The summed E-state index contributed by atoms with van der Waals surface area (Å²) in [5, 5.41) is 0. The lowest BCUT2D eigenvalue weighted by molar-refractivity contribution is -0.117. The van der Waals surface area contributed by atoms with Gasteiger partial charge in [-0.3, -0.25) is 9.78 Å². The van der Waals surface area contributed by atoms with E-state index in [1.54, 1.807) is 0 Å². The number of Topliss-reactive ketones (excluding diaryl/α,β-unsaturated/α-hetero) is 1. The SMILES string of the molecule is CCCCC1C(=O)/C(CCc2ccccn2)=C/CCc2ccccc21. The highest BCUT2D eigenvalue weighted by Gasteiger charge is 2.26. The fourth-order valence-electron chi connectivity index (χ4n) is 3.70. The van der Waals surface area contributed by atoms with Gasteiger partial charge in [-0.1, -0.05) is 56.2 Å². The van der Waals surface area contributed by atoms with Gasteiger partial charge in [-0.15, -0.1) is 0 Å². The molecule has 1 atom stereocenters. The van der Waals surface area contributed by atoms with Gasteiger partial charge >= 0.3 is 0 Å². The summed E-state index contributed by atoms with van der Waals surface area (Å²) in [6.45, 7) is 2.19. The normalized spacial score (nSPS) is 19.5. The van der Waals surface area contributed by atoms with Gasteiger partial charge in [0.25, 0.3) is 0 Å². The first-order chi connectivity index (χ1) is 12.3. The molecule has 1 heterocycles. The van der Waals surface area contributed by atoms with E-state index in [0.29, 0.717) is 5.78 Å². The zero-order chi connectivity index (χ0) is 17.5. The van der Waals surface area contributed by atoms with Crippen LogP contribution in [0.15, 0.2) is 60.3 Å². The Morgan fingerprint density at radius 1 is 1.08 bits per heavy atom. The Labute approximate surface area is 151 Å². The first kappa shape index (κ1) is 17.6. The molecule has 1 aromatic carbocycles. The third kappa shape index (κ3) is 4.45. The second kappa shape index (κ2) is 8.75. The van der Waals surface area contributed by atoms with E-state index in [2.05, 4.69) is 42.2 Å². The molecule has 1 unspecified atom stereocenters. The average Bonchev–Trinajstić information content (AvgIpc) is 2.65. The van der Waals surface area contributed by atoms with Crippen LogP contribution in [0.3, 0.4) is 0 Å². The molecule has 0 aliphatic heterocycles. The van der Waals surface area contributed by atoms with E-state index in [0.717, 1.165) is 56.2 Å². The summed E-state index contributed by atoms with van der Waals surface area (Å²) >= 11 is 0. The largest absolute Gasteiger partial charge is 0.294 e. The van der Waals surface area contributed by atoms with Crippen LogP contribution in [0.4, 0.5) is 0 Å². The number of rotatable bonds is 6. The number of unbranched alkanes of at least 4 members (excludes halogenated alkanes) is 1. The van der Waals surface area contributed by atoms with Gasteiger partial charge in [0.2, 0.25) is 0 Å². The predicted molar refractivity (Wildman–Crippen MR) is 103 cm³/mol. The fourth-order valence-corrected chi connectivity index (χ4v) is 3.70. The lowest BCUT2D eigenvalue weighted by Gasteiger charge is -2.23. The third-order valence-corrected chi connectivity index (χ3v) is 5.09. The number of aromatic nitrogens is 1. The van der Waals surface area contributed by atoms with Gasteiger partial charge in [0.05, 0.1) is 0 Å². The van der Waals surface area contributed by atoms with Crippen molar-refractivity contribution in [2.24, 2.45) is 0 Å². The van der Waals surface area contributed by atoms with Crippen molar-refractivity contribution in [1.82, 2.24) is 4.98 Å². The number of carbonyl (C=O) groups excluding carboxylic acids is 1. The Hall–Kier alpha value is -2.22. The number of benzene rings is 1. The molecule has 0 fully saturated rings. The smallest absolute Gasteiger partial charge is 0.165 e. The number of hydrogen-bond acceptors (Lipinski definition) is 2. The highest BCUT2D eigenvalue weighted by molar-refractivity contribution is 6.00. The van der Waals surface area contributed by atoms with Crippen LogP contribution in [0.5, 0.6) is 0 Å². The van der Waals surface area contributed by atoms with Crippen LogP contribution >= 0.6 is 0 Å². The zero-order valence-electron chi connectivity index (χ0n) is 15.1. The molecule has 0 amide bonds. The Balaban J connectivity index is 1.81. The van der Waals surface area contributed by atoms with Gasteiger partial charge < -0.3 is 0 Å². The minimum atomic E-state index is 0.0198. The van der Waals surface area contributed by atoms with Gasteiger partial charge in [0.1, 0.15) is 0 Å². The number of ketones is 1. The van der Waals surface area contributed by atoms with Crippen molar-refractivity contribution in [3.05, 3.63) is 77.1 Å². The van der Waals surface area contributed by atoms with Gasteiger partial charge in [0, 0.05) is 17.8 Å². The lowest BCUT2D eigenvalue weighted by Crippen LogP contribution is -2.19. The second-order valence-corrected chi connectivity index (χ2v) is 6.85. The molecule has 3 rings (SSSR count). The monoisotopic (exact) mass is 333 g/mol. The Bertz CT molecular complexity index is 733. The van der Waals surface area contributed by atoms with E-state index in [1.807, 2.05) is 24.4 Å². The molecule has 25 heavy (non-hydrogen) atoms. The Morgan fingerprint density at radius 2 is 1.92 bits per heavy atom. The molecule has 0 saturated carbocycles. The maximum absolute atomic E-state index is 13.3. The van der Waals surface area contributed by atoms with Crippen molar-refractivity contribution >= 4 is 5.78 Å². The second-order valence-electron chi connectivity index (χ2n) is 6.85. The minimum absolute atomic E-state index is 0.0198. The molecule has 0 N–H and O–H groups in total. The van der Waals surface area contributed by atoms with E-state index in [-0.39, 0.29) is 5.92 Å². The average molecular weight is 333 g/mol. The van der Waals surface area contributed by atoms with Crippen molar-refractivity contribution in [1.29, 1.82) is 0 Å². The standard InChI is InChI=1S/C23H27NO/c1-2-3-13-22-21-14-5-4-9-18(21)10-8-11-19(23(22)25)15-16-20-12-6-7-17-24-20/h4-7,9,11-12,14,17,22H,2-3,8,10,13,15-16H2,1H3/b19-11+. The quantitative estimate of drug-likeness (QED) is 0.705. The molecule has 0 radical (unpaired) electrons. The van der Waals surface area contributed by atoms with E-state index < -0.39 is 0 Å². The molecule has 1 aromatic heterocycles. The van der Waals surface area contributed by atoms with Crippen LogP contribution in [0.2, 0.25) is 0 Å². The molecule has 0 bridgehead atoms. The van der Waals surface area contributed by atoms with Crippen molar-refractivity contribution in [3.8, 4) is 0 Å². The summed E-state index contributed by atoms with van der Waals surface area (Å²) in [6.07, 6.45) is 10.8. The molecule has 1 aliphatic rings. The lowest BCUT2D eigenvalue weighted by atomic mass is 9.80. The number of carbonyl (C=O) groups is 1. The fraction of sp³-hybridized carbons (Fsp3) is 0.391. The zero-order valence-corrected chi connectivity index (χ0v) is 15.1.